The number of rotatable bonds is 13. The Bertz CT molecular complexity index is 2530. The number of hydrogen-bond donors (Lipinski definition) is 3. The van der Waals surface area contributed by atoms with E-state index in [1.165, 1.54) is 22.7 Å². The molecular formula is C47H56N2O5S6. The van der Waals surface area contributed by atoms with E-state index in [0.717, 1.165) is 48.0 Å². The van der Waals surface area contributed by atoms with Crippen LogP contribution in [0, 0.1) is 13.8 Å². The van der Waals surface area contributed by atoms with E-state index >= 15 is 0 Å². The van der Waals surface area contributed by atoms with Crippen LogP contribution in [0.3, 0.4) is 0 Å². The second-order valence-corrected chi connectivity index (χ2v) is 24.7. The predicted molar refractivity (Wildman–Crippen MR) is 267 cm³/mol. The average molecular weight is 921 g/mol. The summed E-state index contributed by atoms with van der Waals surface area (Å²) in [5.74, 6) is -0.824. The minimum atomic E-state index is -0.918. The van der Waals surface area contributed by atoms with Gasteiger partial charge in [-0.1, -0.05) is 89.5 Å². The highest BCUT2D eigenvalue weighted by atomic mass is 32.8. The minimum absolute atomic E-state index is 0. The first-order valence-electron chi connectivity index (χ1n) is 18.8. The number of fused-ring (bicyclic) bond motifs is 2. The number of benzene rings is 4. The maximum Gasteiger partial charge on any atom is 0.345 e. The molecule has 13 heteroatoms. The molecule has 0 aliphatic rings. The summed E-state index contributed by atoms with van der Waals surface area (Å²) in [6.07, 6.45) is 4.73. The SMILES string of the molecule is C.CS(=S)C(C)(C)CN.Cc1cccc(C(=O)Cc2ccc3sc(C(=O)NCC(C)(C)S(C)=S)cc3c2)c1.Cc1cccc(C(=O)Cc2ccc3sc(C(=O)O)cc3c2)c1. The third-order valence-corrected chi connectivity index (χ3v) is 18.1. The van der Waals surface area contributed by atoms with E-state index in [-0.39, 0.29) is 53.3 Å². The summed E-state index contributed by atoms with van der Waals surface area (Å²) in [5, 5.41) is 13.9. The minimum Gasteiger partial charge on any atom is -0.477 e. The zero-order chi connectivity index (χ0) is 43.7. The number of ketones is 2. The number of hydrogen-bond acceptors (Lipinski definition) is 9. The highest BCUT2D eigenvalue weighted by molar-refractivity contribution is 8.29. The highest BCUT2D eigenvalue weighted by Crippen LogP contribution is 2.29. The smallest absolute Gasteiger partial charge is 0.345 e. The van der Waals surface area contributed by atoms with E-state index in [0.29, 0.717) is 41.2 Å². The lowest BCUT2D eigenvalue weighted by Crippen LogP contribution is -2.40. The maximum atomic E-state index is 12.6. The lowest BCUT2D eigenvalue weighted by atomic mass is 10.0. The van der Waals surface area contributed by atoms with E-state index in [9.17, 15) is 19.2 Å². The van der Waals surface area contributed by atoms with Gasteiger partial charge in [-0.3, -0.25) is 14.4 Å². The molecule has 6 aromatic rings. The van der Waals surface area contributed by atoms with Gasteiger partial charge in [-0.2, -0.15) is 0 Å². The van der Waals surface area contributed by atoms with Crippen LogP contribution in [0.4, 0.5) is 0 Å². The zero-order valence-electron chi connectivity index (χ0n) is 34.7. The lowest BCUT2D eigenvalue weighted by Gasteiger charge is -2.24. The van der Waals surface area contributed by atoms with Crippen LogP contribution in [0.5, 0.6) is 0 Å². The molecule has 2 unspecified atom stereocenters. The summed E-state index contributed by atoms with van der Waals surface area (Å²) in [7, 11) is -0.167. The highest BCUT2D eigenvalue weighted by Gasteiger charge is 2.22. The van der Waals surface area contributed by atoms with Crippen LogP contribution in [-0.2, 0) is 54.1 Å². The number of carbonyl (C=O) groups is 4. The van der Waals surface area contributed by atoms with Crippen molar-refractivity contribution in [3.63, 3.8) is 0 Å². The normalized spacial score (nSPS) is 12.2. The largest absolute Gasteiger partial charge is 0.477 e. The van der Waals surface area contributed by atoms with Crippen molar-refractivity contribution in [2.75, 3.05) is 25.6 Å². The fourth-order valence-corrected chi connectivity index (χ4v) is 8.17. The van der Waals surface area contributed by atoms with Crippen LogP contribution in [0.2, 0.25) is 0 Å². The van der Waals surface area contributed by atoms with Gasteiger partial charge < -0.3 is 16.2 Å². The molecule has 0 aliphatic carbocycles. The number of amides is 1. The van der Waals surface area contributed by atoms with Gasteiger partial charge in [0.05, 0.1) is 4.88 Å². The molecule has 2 heterocycles. The van der Waals surface area contributed by atoms with Gasteiger partial charge in [0.25, 0.3) is 5.91 Å². The van der Waals surface area contributed by atoms with Crippen molar-refractivity contribution in [2.45, 2.75) is 71.3 Å². The van der Waals surface area contributed by atoms with Crippen LogP contribution < -0.4 is 11.1 Å². The molecule has 2 aromatic heterocycles. The quantitative estimate of drug-likeness (QED) is 0.0978. The third-order valence-electron chi connectivity index (χ3n) is 9.73. The maximum absolute atomic E-state index is 12.6. The number of thiophene rings is 2. The van der Waals surface area contributed by atoms with E-state index in [1.54, 1.807) is 6.07 Å². The van der Waals surface area contributed by atoms with Crippen molar-refractivity contribution in [3.05, 3.63) is 140 Å². The van der Waals surface area contributed by atoms with E-state index in [2.05, 4.69) is 33.0 Å². The second kappa shape index (κ2) is 22.3. The number of nitrogens with one attached hydrogen (secondary N) is 1. The van der Waals surface area contributed by atoms with E-state index in [4.69, 9.17) is 33.2 Å². The van der Waals surface area contributed by atoms with Gasteiger partial charge in [0.1, 0.15) is 4.88 Å². The van der Waals surface area contributed by atoms with Gasteiger partial charge in [-0.25, -0.2) is 4.79 Å². The molecule has 0 fully saturated rings. The molecule has 2 atom stereocenters. The molecule has 0 saturated heterocycles. The fourth-order valence-electron chi connectivity index (χ4n) is 5.43. The monoisotopic (exact) mass is 920 g/mol. The standard InChI is InChI=1S/C23H25NO2S3.C18H14O3S.C5H13NS2.CH4/c1-15-6-5-7-17(10-15)19(25)12-16-8-9-20-18(11-16)13-21(28-20)22(26)24-14-23(2,3)29(4)27;1-11-3-2-4-13(7-11)15(19)9-12-5-6-16-14(8-12)10-17(22-16)18(20)21;1-5(2,4-6)8(3)7;/h5-11,13H,12,14H2,1-4H3,(H,24,26);2-8,10H,9H2,1H3,(H,20,21);4,6H2,1-3H3;1H4. The van der Waals surface area contributed by atoms with Gasteiger partial charge >= 0.3 is 5.97 Å². The average Bonchev–Trinajstić information content (AvgIpc) is 3.82. The van der Waals surface area contributed by atoms with Crippen molar-refractivity contribution in [1.82, 2.24) is 5.32 Å². The van der Waals surface area contributed by atoms with Crippen molar-refractivity contribution >= 4 is 108 Å². The molecular weight excluding hydrogens is 865 g/mol. The molecule has 0 radical (unpaired) electrons. The van der Waals surface area contributed by atoms with Crippen molar-refractivity contribution in [3.8, 4) is 0 Å². The third kappa shape index (κ3) is 14.4. The summed E-state index contributed by atoms with van der Waals surface area (Å²) >= 11 is 13.2. The summed E-state index contributed by atoms with van der Waals surface area (Å²) < 4.78 is 2.02. The van der Waals surface area contributed by atoms with Crippen LogP contribution in [0.1, 0.15) is 97.4 Å². The Morgan fingerprint density at radius 3 is 1.48 bits per heavy atom. The molecule has 320 valence electrons. The number of carboxylic acid groups (broad SMARTS) is 1. The summed E-state index contributed by atoms with van der Waals surface area (Å²) in [6.45, 7) is 13.5. The Kier molecular flexibility index (Phi) is 18.8. The summed E-state index contributed by atoms with van der Waals surface area (Å²) in [4.78, 5) is 49.5. The Hall–Kier alpha value is -3.82. The van der Waals surface area contributed by atoms with Crippen LogP contribution in [-0.4, -0.2) is 63.6 Å². The molecule has 4 aromatic carbocycles. The van der Waals surface area contributed by atoms with Crippen LogP contribution >= 0.6 is 22.7 Å². The molecule has 7 nitrogen and oxygen atoms in total. The summed E-state index contributed by atoms with van der Waals surface area (Å²) in [5.41, 5.74) is 10.9. The van der Waals surface area contributed by atoms with Gasteiger partial charge in [-0.05, 0) is 124 Å². The molecule has 0 spiro atoms. The number of carboxylic acids is 1. The molecule has 60 heavy (non-hydrogen) atoms. The van der Waals surface area contributed by atoms with Crippen LogP contribution in [0.25, 0.3) is 20.2 Å². The Balaban J connectivity index is 0.000000274. The Morgan fingerprint density at radius 2 is 1.10 bits per heavy atom. The summed E-state index contributed by atoms with van der Waals surface area (Å²) in [6, 6.07) is 30.4. The number of aromatic carboxylic acids is 1. The van der Waals surface area contributed by atoms with Crippen molar-refractivity contribution in [2.24, 2.45) is 5.73 Å². The topological polar surface area (TPSA) is 127 Å². The van der Waals surface area contributed by atoms with Gasteiger partial charge in [-0.15, -0.1) is 41.6 Å². The number of carbonyl (C=O) groups excluding carboxylic acids is 3. The molecule has 0 bridgehead atoms. The van der Waals surface area contributed by atoms with Gasteiger partial charge in [0.15, 0.2) is 11.6 Å². The lowest BCUT2D eigenvalue weighted by molar-refractivity contribution is 0.0701. The first kappa shape index (κ1) is 50.5. The van der Waals surface area contributed by atoms with Crippen molar-refractivity contribution in [1.29, 1.82) is 0 Å². The molecule has 0 saturated carbocycles. The molecule has 0 aliphatic heterocycles. The molecule has 4 N–H and O–H groups in total. The Morgan fingerprint density at radius 1 is 0.667 bits per heavy atom. The zero-order valence-corrected chi connectivity index (χ0v) is 39.6. The van der Waals surface area contributed by atoms with E-state index < -0.39 is 5.97 Å². The molecule has 6 rings (SSSR count). The Labute approximate surface area is 377 Å². The number of aryl methyl sites for hydroxylation is 2. The fraction of sp³-hybridized carbons (Fsp3) is 0.319. The van der Waals surface area contributed by atoms with Crippen LogP contribution in [0.15, 0.2) is 97.1 Å². The number of nitrogens with two attached hydrogens (primary N) is 1. The predicted octanol–water partition coefficient (Wildman–Crippen LogP) is 10.3. The molecule has 1 amide bonds. The first-order valence-corrected chi connectivity index (χ1v) is 25.6. The number of Topliss-reactive ketones (excluding diaryl/α,β-unsaturated/α-hetero) is 2. The second-order valence-electron chi connectivity index (χ2n) is 15.5. The van der Waals surface area contributed by atoms with Gasteiger partial charge in [0.2, 0.25) is 0 Å². The first-order chi connectivity index (χ1) is 27.7. The van der Waals surface area contributed by atoms with Crippen molar-refractivity contribution < 1.29 is 24.3 Å². The van der Waals surface area contributed by atoms with Gasteiger partial charge in [0, 0.05) is 56.0 Å². The van der Waals surface area contributed by atoms with E-state index in [1.807, 2.05) is 117 Å².